The molecule has 0 saturated carbocycles. The molecule has 0 bridgehead atoms. The maximum absolute atomic E-state index is 16.1. The Morgan fingerprint density at radius 1 is 1.30 bits per heavy atom. The largest absolute Gasteiger partial charge is 0.461 e. The lowest BCUT2D eigenvalue weighted by Crippen LogP contribution is -2.43. The summed E-state index contributed by atoms with van der Waals surface area (Å²) in [7, 11) is 0. The number of alkyl halides is 1. The number of nitrogens with two attached hydrogens (primary N) is 1. The highest BCUT2D eigenvalue weighted by molar-refractivity contribution is 7.23. The fourth-order valence-corrected chi connectivity index (χ4v) is 7.07. The Kier molecular flexibility index (Phi) is 5.88. The lowest BCUT2D eigenvalue weighted by Gasteiger charge is -2.30. The molecule has 2 aromatic heterocycles. The molecule has 2 aromatic carbocycles. The third-order valence-corrected chi connectivity index (χ3v) is 8.86. The van der Waals surface area contributed by atoms with E-state index in [1.807, 2.05) is 6.07 Å². The zero-order chi connectivity index (χ0) is 26.1. The predicted molar refractivity (Wildman–Crippen MR) is 138 cm³/mol. The van der Waals surface area contributed by atoms with Crippen molar-refractivity contribution >= 4 is 60.5 Å². The Hall–Kier alpha value is -2.84. The number of halogens is 5. The van der Waals surface area contributed by atoms with Gasteiger partial charge in [0.25, 0.3) is 0 Å². The Morgan fingerprint density at radius 3 is 2.89 bits per heavy atom. The van der Waals surface area contributed by atoms with E-state index in [2.05, 4.69) is 14.9 Å². The summed E-state index contributed by atoms with van der Waals surface area (Å²) in [6.07, 6.45) is 1.15. The molecule has 12 heteroatoms. The summed E-state index contributed by atoms with van der Waals surface area (Å²) in [5.41, 5.74) is 5.50. The van der Waals surface area contributed by atoms with E-state index in [4.69, 9.17) is 33.7 Å². The van der Waals surface area contributed by atoms with Crippen molar-refractivity contribution in [1.82, 2.24) is 14.9 Å². The first-order valence-electron chi connectivity index (χ1n) is 11.5. The van der Waals surface area contributed by atoms with Crippen molar-refractivity contribution < 1.29 is 17.9 Å². The van der Waals surface area contributed by atoms with Crippen molar-refractivity contribution in [2.45, 2.75) is 31.0 Å². The molecule has 190 valence electrons. The van der Waals surface area contributed by atoms with Gasteiger partial charge in [-0.1, -0.05) is 29.3 Å². The summed E-state index contributed by atoms with van der Waals surface area (Å²) in [6, 6.07) is 5.76. The summed E-state index contributed by atoms with van der Waals surface area (Å²) >= 11 is 13.8. The van der Waals surface area contributed by atoms with Crippen LogP contribution < -0.4 is 10.5 Å². The number of aromatic nitrogens is 2. The van der Waals surface area contributed by atoms with Crippen molar-refractivity contribution in [2.75, 3.05) is 25.4 Å². The first-order chi connectivity index (χ1) is 17.7. The van der Waals surface area contributed by atoms with Gasteiger partial charge in [-0.15, -0.1) is 11.3 Å². The zero-order valence-electron chi connectivity index (χ0n) is 19.1. The molecule has 2 fully saturated rings. The normalized spacial score (nSPS) is 21.6. The van der Waals surface area contributed by atoms with Crippen molar-refractivity contribution in [3.05, 3.63) is 45.6 Å². The van der Waals surface area contributed by atoms with Gasteiger partial charge in [-0.3, -0.25) is 4.90 Å². The van der Waals surface area contributed by atoms with Gasteiger partial charge in [0.15, 0.2) is 5.82 Å². The van der Waals surface area contributed by atoms with Crippen LogP contribution in [0.4, 0.5) is 18.2 Å². The van der Waals surface area contributed by atoms with Crippen molar-refractivity contribution in [2.24, 2.45) is 0 Å². The van der Waals surface area contributed by atoms with Gasteiger partial charge >= 0.3 is 6.01 Å². The summed E-state index contributed by atoms with van der Waals surface area (Å²) in [6.45, 7) is 1.31. The second-order valence-electron chi connectivity index (χ2n) is 9.36. The van der Waals surface area contributed by atoms with Gasteiger partial charge in [0.1, 0.15) is 40.3 Å². The number of anilines is 1. The van der Waals surface area contributed by atoms with Crippen LogP contribution in [0.5, 0.6) is 6.01 Å². The number of ether oxygens (including phenoxy) is 1. The fraction of sp³-hybridized carbons (Fsp3) is 0.320. The van der Waals surface area contributed by atoms with Crippen molar-refractivity contribution in [1.29, 1.82) is 5.26 Å². The van der Waals surface area contributed by atoms with Gasteiger partial charge in [-0.2, -0.15) is 15.2 Å². The quantitative estimate of drug-likeness (QED) is 0.285. The van der Waals surface area contributed by atoms with Gasteiger partial charge in [-0.05, 0) is 37.1 Å². The number of benzene rings is 2. The fourth-order valence-electron chi connectivity index (χ4n) is 5.61. The minimum Gasteiger partial charge on any atom is -0.461 e. The molecule has 2 atom stereocenters. The van der Waals surface area contributed by atoms with Crippen LogP contribution in [0.1, 0.15) is 24.8 Å². The average Bonchev–Trinajstić information content (AvgIpc) is 3.49. The molecular weight excluding hydrogens is 546 g/mol. The molecule has 6 nitrogen and oxygen atoms in total. The summed E-state index contributed by atoms with van der Waals surface area (Å²) < 4.78 is 50.7. The smallest absolute Gasteiger partial charge is 0.318 e. The van der Waals surface area contributed by atoms with E-state index in [9.17, 15) is 14.0 Å². The second-order valence-corrected chi connectivity index (χ2v) is 11.2. The topological polar surface area (TPSA) is 88.1 Å². The third kappa shape index (κ3) is 3.79. The maximum Gasteiger partial charge on any atom is 0.318 e. The lowest BCUT2D eigenvalue weighted by atomic mass is 9.95. The Balaban J connectivity index is 1.47. The van der Waals surface area contributed by atoms with E-state index in [0.717, 1.165) is 30.7 Å². The van der Waals surface area contributed by atoms with E-state index < -0.39 is 23.3 Å². The number of hydrogen-bond donors (Lipinski definition) is 1. The van der Waals surface area contributed by atoms with Gasteiger partial charge in [0, 0.05) is 29.3 Å². The van der Waals surface area contributed by atoms with Crippen LogP contribution >= 0.6 is 34.5 Å². The monoisotopic (exact) mass is 563 g/mol. The number of rotatable bonds is 4. The van der Waals surface area contributed by atoms with Gasteiger partial charge < -0.3 is 10.5 Å². The first kappa shape index (κ1) is 24.5. The van der Waals surface area contributed by atoms with Crippen LogP contribution in [0.25, 0.3) is 32.1 Å². The molecule has 0 spiro atoms. The van der Waals surface area contributed by atoms with Crippen molar-refractivity contribution in [3.63, 3.8) is 0 Å². The molecule has 37 heavy (non-hydrogen) atoms. The van der Waals surface area contributed by atoms with E-state index in [1.165, 1.54) is 18.2 Å². The van der Waals surface area contributed by atoms with Gasteiger partial charge in [0.2, 0.25) is 0 Å². The van der Waals surface area contributed by atoms with Gasteiger partial charge in [-0.25, -0.2) is 13.2 Å². The van der Waals surface area contributed by atoms with Crippen LogP contribution in [0.3, 0.4) is 0 Å². The molecular formula is C25H18Cl2F3N5OS. The predicted octanol–water partition coefficient (Wildman–Crippen LogP) is 6.51. The molecule has 6 rings (SSSR count). The third-order valence-electron chi connectivity index (χ3n) is 7.25. The summed E-state index contributed by atoms with van der Waals surface area (Å²) in [5.74, 6) is -1.42. The van der Waals surface area contributed by atoms with E-state index in [0.29, 0.717) is 13.0 Å². The molecule has 2 N–H and O–H groups in total. The Morgan fingerprint density at radius 2 is 2.11 bits per heavy atom. The Labute approximate surface area is 223 Å². The lowest BCUT2D eigenvalue weighted by molar-refractivity contribution is 0.107. The second kappa shape index (κ2) is 8.88. The van der Waals surface area contributed by atoms with Crippen LogP contribution in [0.2, 0.25) is 10.2 Å². The number of nitrogen functional groups attached to an aromatic ring is 1. The molecule has 0 unspecified atom stereocenters. The molecule has 2 saturated heterocycles. The minimum atomic E-state index is -0.927. The van der Waals surface area contributed by atoms with E-state index in [1.54, 1.807) is 0 Å². The Bertz CT molecular complexity index is 1640. The number of nitriles is 1. The van der Waals surface area contributed by atoms with Crippen molar-refractivity contribution in [3.8, 4) is 23.2 Å². The number of fused-ring (bicyclic) bond motifs is 3. The molecule has 0 amide bonds. The standard InChI is InChI=1S/C25H18Cl2F3N5OS/c26-15-6-13-20(19(30)18(15)12-2-3-16(29)21-17(12)14(8-31)23(32)37-21)33-24(34-22(13)27)36-10-25-4-1-5-35(25)9-11(28)7-25/h2-3,6,11H,1,4-5,7,9-10,32H2/t11-,25+/m1/s1. The molecule has 2 aliphatic rings. The number of thiophene rings is 1. The molecule has 0 radical (unpaired) electrons. The molecule has 0 aliphatic carbocycles. The SMILES string of the molecule is N#Cc1c(N)sc2c(F)ccc(-c3c(Cl)cc4c(Cl)nc(OC[C@@]56CCCN5C[C@H](F)C6)nc4c3F)c12. The molecule has 4 aromatic rings. The number of hydrogen-bond acceptors (Lipinski definition) is 7. The highest BCUT2D eigenvalue weighted by Gasteiger charge is 2.49. The van der Waals surface area contributed by atoms with Crippen LogP contribution in [-0.2, 0) is 0 Å². The summed E-state index contributed by atoms with van der Waals surface area (Å²) in [4.78, 5) is 10.5. The van der Waals surface area contributed by atoms with Crippen LogP contribution in [0, 0.1) is 23.0 Å². The minimum absolute atomic E-state index is 0.0221. The average molecular weight is 564 g/mol. The van der Waals surface area contributed by atoms with Crippen LogP contribution in [-0.4, -0.2) is 46.3 Å². The van der Waals surface area contributed by atoms with E-state index >= 15 is 4.39 Å². The zero-order valence-corrected chi connectivity index (χ0v) is 21.5. The highest BCUT2D eigenvalue weighted by Crippen LogP contribution is 2.45. The summed E-state index contributed by atoms with van der Waals surface area (Å²) in [5, 5.41) is 9.99. The first-order valence-corrected chi connectivity index (χ1v) is 13.1. The van der Waals surface area contributed by atoms with E-state index in [-0.39, 0.29) is 65.5 Å². The van der Waals surface area contributed by atoms with Gasteiger partial charge in [0.05, 0.1) is 20.8 Å². The molecule has 4 heterocycles. The highest BCUT2D eigenvalue weighted by atomic mass is 35.5. The maximum atomic E-state index is 16.1. The molecule has 2 aliphatic heterocycles. The van der Waals surface area contributed by atoms with Crippen LogP contribution in [0.15, 0.2) is 18.2 Å². The number of nitrogens with zero attached hydrogens (tertiary/aromatic N) is 4.